The van der Waals surface area contributed by atoms with E-state index < -0.39 is 6.04 Å². The van der Waals surface area contributed by atoms with Crippen LogP contribution in [0, 0.1) is 0 Å². The minimum Gasteiger partial charge on any atom is -0.481 e. The Labute approximate surface area is 117 Å². The smallest absolute Gasteiger partial charge is 0.243 e. The number of nitrogens with zero attached hydrogens (tertiary/aromatic N) is 1. The second-order valence-corrected chi connectivity index (χ2v) is 4.23. The van der Waals surface area contributed by atoms with E-state index in [0.717, 1.165) is 5.56 Å². The largest absolute Gasteiger partial charge is 0.481 e. The van der Waals surface area contributed by atoms with Gasteiger partial charge < -0.3 is 15.4 Å². The topological polar surface area (TPSA) is 80.3 Å². The Morgan fingerprint density at radius 2 is 2.26 bits per heavy atom. The Kier molecular flexibility index (Phi) is 6.14. The Morgan fingerprint density at radius 1 is 1.53 bits per heavy atom. The number of hydrogen-bond acceptors (Lipinski definition) is 5. The summed E-state index contributed by atoms with van der Waals surface area (Å²) in [5, 5.41) is 5.24. The van der Waals surface area contributed by atoms with Crippen LogP contribution >= 0.6 is 12.6 Å². The van der Waals surface area contributed by atoms with Gasteiger partial charge in [-0.05, 0) is 11.6 Å². The molecule has 1 aromatic heterocycles. The zero-order chi connectivity index (χ0) is 14.3. The van der Waals surface area contributed by atoms with Gasteiger partial charge in [-0.2, -0.15) is 12.6 Å². The van der Waals surface area contributed by atoms with E-state index in [1.54, 1.807) is 18.3 Å². The predicted molar refractivity (Wildman–Crippen MR) is 74.1 cm³/mol. The number of carbonyl (C=O) groups excluding carboxylic acids is 2. The average molecular weight is 283 g/mol. The molecule has 0 aliphatic heterocycles. The van der Waals surface area contributed by atoms with Crippen LogP contribution in [0.3, 0.4) is 0 Å². The number of thiol groups is 1. The van der Waals surface area contributed by atoms with Crippen molar-refractivity contribution in [1.82, 2.24) is 15.6 Å². The van der Waals surface area contributed by atoms with Crippen molar-refractivity contribution in [2.75, 3.05) is 12.9 Å². The molecule has 0 aromatic carbocycles. The van der Waals surface area contributed by atoms with Gasteiger partial charge in [0.15, 0.2) is 0 Å². The van der Waals surface area contributed by atoms with Gasteiger partial charge in [-0.25, -0.2) is 4.98 Å². The standard InChI is InChI=1S/C12H17N3O3S/c1-8(16)15-10(7-19)12(17)14-6-9-3-4-13-11(5-9)18-2/h3-5,10,19H,6-7H2,1-2H3,(H,14,17)(H,15,16). The molecule has 104 valence electrons. The maximum absolute atomic E-state index is 11.8. The molecular formula is C12H17N3O3S. The maximum Gasteiger partial charge on any atom is 0.243 e. The molecule has 1 heterocycles. The molecule has 0 fully saturated rings. The van der Waals surface area contributed by atoms with Gasteiger partial charge in [0.05, 0.1) is 7.11 Å². The summed E-state index contributed by atoms with van der Waals surface area (Å²) in [6.07, 6.45) is 1.60. The van der Waals surface area contributed by atoms with Crippen molar-refractivity contribution in [3.8, 4) is 5.88 Å². The molecule has 0 saturated heterocycles. The van der Waals surface area contributed by atoms with Crippen LogP contribution < -0.4 is 15.4 Å². The number of pyridine rings is 1. The Bertz CT molecular complexity index is 454. The van der Waals surface area contributed by atoms with Crippen molar-refractivity contribution in [1.29, 1.82) is 0 Å². The lowest BCUT2D eigenvalue weighted by atomic mass is 10.2. The summed E-state index contributed by atoms with van der Waals surface area (Å²) in [6.45, 7) is 1.69. The number of carbonyl (C=O) groups is 2. The molecule has 0 aliphatic carbocycles. The summed E-state index contributed by atoms with van der Waals surface area (Å²) in [5.74, 6) is 0.186. The molecule has 2 N–H and O–H groups in total. The van der Waals surface area contributed by atoms with Gasteiger partial charge in [0.2, 0.25) is 17.7 Å². The maximum atomic E-state index is 11.8. The summed E-state index contributed by atoms with van der Waals surface area (Å²) in [5.41, 5.74) is 0.862. The highest BCUT2D eigenvalue weighted by Gasteiger charge is 2.17. The molecule has 0 saturated carbocycles. The van der Waals surface area contributed by atoms with Crippen LogP contribution in [0.15, 0.2) is 18.3 Å². The molecule has 1 rings (SSSR count). The number of aromatic nitrogens is 1. The molecule has 7 heteroatoms. The molecule has 19 heavy (non-hydrogen) atoms. The Morgan fingerprint density at radius 3 is 2.84 bits per heavy atom. The Balaban J connectivity index is 2.54. The molecule has 1 unspecified atom stereocenters. The van der Waals surface area contributed by atoms with E-state index in [4.69, 9.17) is 4.74 Å². The van der Waals surface area contributed by atoms with Crippen LogP contribution in [-0.2, 0) is 16.1 Å². The summed E-state index contributed by atoms with van der Waals surface area (Å²) >= 11 is 4.04. The number of hydrogen-bond donors (Lipinski definition) is 3. The van der Waals surface area contributed by atoms with Gasteiger partial charge in [0, 0.05) is 31.5 Å². The lowest BCUT2D eigenvalue weighted by Crippen LogP contribution is -2.47. The monoisotopic (exact) mass is 283 g/mol. The quantitative estimate of drug-likeness (QED) is 0.649. The number of methoxy groups -OCH3 is 1. The molecule has 6 nitrogen and oxygen atoms in total. The van der Waals surface area contributed by atoms with E-state index in [9.17, 15) is 9.59 Å². The fourth-order valence-electron chi connectivity index (χ4n) is 1.42. The van der Waals surface area contributed by atoms with Crippen LogP contribution in [-0.4, -0.2) is 35.7 Å². The summed E-state index contributed by atoms with van der Waals surface area (Å²) in [7, 11) is 1.53. The summed E-state index contributed by atoms with van der Waals surface area (Å²) < 4.78 is 4.99. The van der Waals surface area contributed by atoms with E-state index in [2.05, 4.69) is 28.2 Å². The third-order valence-corrected chi connectivity index (χ3v) is 2.72. The van der Waals surface area contributed by atoms with Crippen LogP contribution in [0.1, 0.15) is 12.5 Å². The highest BCUT2D eigenvalue weighted by molar-refractivity contribution is 7.80. The first-order chi connectivity index (χ1) is 9.06. The molecule has 1 atom stereocenters. The zero-order valence-electron chi connectivity index (χ0n) is 10.8. The lowest BCUT2D eigenvalue weighted by Gasteiger charge is -2.15. The fourth-order valence-corrected chi connectivity index (χ4v) is 1.68. The van der Waals surface area contributed by atoms with E-state index in [1.165, 1.54) is 14.0 Å². The first-order valence-electron chi connectivity index (χ1n) is 5.71. The number of nitrogens with one attached hydrogen (secondary N) is 2. The molecule has 0 aliphatic rings. The zero-order valence-corrected chi connectivity index (χ0v) is 11.7. The van der Waals surface area contributed by atoms with Gasteiger partial charge in [-0.1, -0.05) is 0 Å². The molecule has 0 spiro atoms. The first kappa shape index (κ1) is 15.3. The molecule has 1 aromatic rings. The SMILES string of the molecule is COc1cc(CNC(=O)C(CS)NC(C)=O)ccn1. The van der Waals surface area contributed by atoms with Crippen molar-refractivity contribution in [2.24, 2.45) is 0 Å². The van der Waals surface area contributed by atoms with Crippen molar-refractivity contribution in [3.63, 3.8) is 0 Å². The number of rotatable bonds is 6. The third kappa shape index (κ3) is 5.17. The van der Waals surface area contributed by atoms with Crippen LogP contribution in [0.5, 0.6) is 5.88 Å². The second-order valence-electron chi connectivity index (χ2n) is 3.86. The van der Waals surface area contributed by atoms with Crippen LogP contribution in [0.4, 0.5) is 0 Å². The molecular weight excluding hydrogens is 266 g/mol. The van der Waals surface area contributed by atoms with Gasteiger partial charge in [-0.15, -0.1) is 0 Å². The normalized spacial score (nSPS) is 11.5. The lowest BCUT2D eigenvalue weighted by molar-refractivity contribution is -0.127. The van der Waals surface area contributed by atoms with E-state index >= 15 is 0 Å². The number of ether oxygens (including phenoxy) is 1. The highest BCUT2D eigenvalue weighted by Crippen LogP contribution is 2.08. The van der Waals surface area contributed by atoms with E-state index in [1.807, 2.05) is 0 Å². The molecule has 0 radical (unpaired) electrons. The second kappa shape index (κ2) is 7.63. The highest BCUT2D eigenvalue weighted by atomic mass is 32.1. The molecule has 2 amide bonds. The Hall–Kier alpha value is -1.76. The minimum absolute atomic E-state index is 0.241. The van der Waals surface area contributed by atoms with Crippen LogP contribution in [0.25, 0.3) is 0 Å². The van der Waals surface area contributed by atoms with Gasteiger partial charge in [0.1, 0.15) is 6.04 Å². The van der Waals surface area contributed by atoms with Crippen molar-refractivity contribution in [3.05, 3.63) is 23.9 Å². The first-order valence-corrected chi connectivity index (χ1v) is 6.34. The number of amides is 2. The van der Waals surface area contributed by atoms with Crippen LogP contribution in [0.2, 0.25) is 0 Å². The van der Waals surface area contributed by atoms with Gasteiger partial charge in [0.25, 0.3) is 0 Å². The predicted octanol–water partition coefficient (Wildman–Crippen LogP) is 0.141. The van der Waals surface area contributed by atoms with E-state index in [0.29, 0.717) is 12.4 Å². The summed E-state index contributed by atoms with van der Waals surface area (Å²) in [6, 6.07) is 2.87. The van der Waals surface area contributed by atoms with Crippen molar-refractivity contribution < 1.29 is 14.3 Å². The third-order valence-electron chi connectivity index (χ3n) is 2.35. The summed E-state index contributed by atoms with van der Waals surface area (Å²) in [4.78, 5) is 26.7. The van der Waals surface area contributed by atoms with Crippen molar-refractivity contribution >= 4 is 24.4 Å². The van der Waals surface area contributed by atoms with Gasteiger partial charge >= 0.3 is 0 Å². The minimum atomic E-state index is -0.635. The molecule has 0 bridgehead atoms. The average Bonchev–Trinajstić information content (AvgIpc) is 2.42. The van der Waals surface area contributed by atoms with Gasteiger partial charge in [-0.3, -0.25) is 9.59 Å². The van der Waals surface area contributed by atoms with E-state index in [-0.39, 0.29) is 17.6 Å². The fraction of sp³-hybridized carbons (Fsp3) is 0.417. The van der Waals surface area contributed by atoms with Crippen molar-refractivity contribution in [2.45, 2.75) is 19.5 Å².